The highest BCUT2D eigenvalue weighted by Crippen LogP contribution is 2.04. The quantitative estimate of drug-likeness (QED) is 0.769. The molecule has 0 bridgehead atoms. The molecule has 0 amide bonds. The molecule has 2 rings (SSSR count). The Morgan fingerprint density at radius 3 is 2.69 bits per heavy atom. The third kappa shape index (κ3) is 1.55. The van der Waals surface area contributed by atoms with Gasteiger partial charge in [0.1, 0.15) is 0 Å². The Kier molecular flexibility index (Phi) is 2.62. The minimum atomic E-state index is -0.398. The fourth-order valence-electron chi connectivity index (χ4n) is 1.66. The number of fused-ring (bicyclic) bond motifs is 1. The third-order valence-electron chi connectivity index (χ3n) is 2.64. The van der Waals surface area contributed by atoms with E-state index in [4.69, 9.17) is 0 Å². The average Bonchev–Trinajstić information content (AvgIpc) is 2.28. The van der Waals surface area contributed by atoms with Crippen LogP contribution in [-0.2, 0) is 0 Å². The Labute approximate surface area is 91.7 Å². The highest BCUT2D eigenvalue weighted by Gasteiger charge is 2.10. The molecule has 0 aliphatic carbocycles. The molecule has 1 unspecified atom stereocenters. The zero-order chi connectivity index (χ0) is 11.7. The maximum atomic E-state index is 12.1. The van der Waals surface area contributed by atoms with E-state index in [2.05, 4.69) is 10.3 Å². The zero-order valence-corrected chi connectivity index (χ0v) is 9.15. The van der Waals surface area contributed by atoms with E-state index in [1.807, 2.05) is 0 Å². The van der Waals surface area contributed by atoms with Gasteiger partial charge in [0.25, 0.3) is 5.56 Å². The lowest BCUT2D eigenvalue weighted by Gasteiger charge is -2.13. The van der Waals surface area contributed by atoms with E-state index in [1.54, 1.807) is 38.2 Å². The van der Waals surface area contributed by atoms with Gasteiger partial charge in [-0.25, -0.2) is 9.36 Å². The van der Waals surface area contributed by atoms with Crippen molar-refractivity contribution in [2.24, 2.45) is 0 Å². The second-order valence-corrected chi connectivity index (χ2v) is 3.62. The van der Waals surface area contributed by atoms with Crippen LogP contribution in [0.5, 0.6) is 0 Å². The number of H-pyrrole nitrogens is 1. The van der Waals surface area contributed by atoms with Crippen molar-refractivity contribution in [2.45, 2.75) is 13.1 Å². The van der Waals surface area contributed by atoms with Crippen molar-refractivity contribution in [3.63, 3.8) is 0 Å². The van der Waals surface area contributed by atoms with Crippen LogP contribution in [-0.4, -0.2) is 16.6 Å². The molecule has 1 aromatic carbocycles. The van der Waals surface area contributed by atoms with Crippen LogP contribution in [0.2, 0.25) is 0 Å². The highest BCUT2D eigenvalue weighted by atomic mass is 16.2. The standard InChI is InChI=1S/C11H13N3O2/c1-7(12-2)14-10(15)8-5-3-4-6-9(8)13-11(14)16/h3-7,12H,1-2H3,(H,13,16). The van der Waals surface area contributed by atoms with Crippen molar-refractivity contribution >= 4 is 10.9 Å². The van der Waals surface area contributed by atoms with Gasteiger partial charge >= 0.3 is 5.69 Å². The molecule has 0 fully saturated rings. The molecule has 0 radical (unpaired) electrons. The molecule has 5 nitrogen and oxygen atoms in total. The van der Waals surface area contributed by atoms with Crippen LogP contribution >= 0.6 is 0 Å². The number of hydrogen-bond donors (Lipinski definition) is 2. The minimum Gasteiger partial charge on any atom is -0.307 e. The van der Waals surface area contributed by atoms with Crippen LogP contribution in [0, 0.1) is 0 Å². The molecule has 0 saturated heterocycles. The summed E-state index contributed by atoms with van der Waals surface area (Å²) in [5.74, 6) is 0. The predicted molar refractivity (Wildman–Crippen MR) is 62.6 cm³/mol. The van der Waals surface area contributed by atoms with E-state index >= 15 is 0 Å². The molecule has 16 heavy (non-hydrogen) atoms. The Bertz CT molecular complexity index is 627. The van der Waals surface area contributed by atoms with Crippen molar-refractivity contribution in [1.29, 1.82) is 0 Å². The first-order chi connectivity index (χ1) is 7.65. The highest BCUT2D eigenvalue weighted by molar-refractivity contribution is 5.76. The van der Waals surface area contributed by atoms with Crippen molar-refractivity contribution in [1.82, 2.24) is 14.9 Å². The van der Waals surface area contributed by atoms with Crippen LogP contribution in [0.4, 0.5) is 0 Å². The van der Waals surface area contributed by atoms with Crippen LogP contribution in [0.15, 0.2) is 33.9 Å². The predicted octanol–water partition coefficient (Wildman–Crippen LogP) is 0.428. The number of rotatable bonds is 2. The Hall–Kier alpha value is -1.88. The summed E-state index contributed by atoms with van der Waals surface area (Å²) in [4.78, 5) is 26.5. The van der Waals surface area contributed by atoms with E-state index in [9.17, 15) is 9.59 Å². The van der Waals surface area contributed by atoms with Crippen LogP contribution in [0.3, 0.4) is 0 Å². The summed E-state index contributed by atoms with van der Waals surface area (Å²) in [5, 5.41) is 3.39. The van der Waals surface area contributed by atoms with Crippen molar-refractivity contribution in [2.75, 3.05) is 7.05 Å². The Balaban J connectivity index is 2.87. The molecule has 84 valence electrons. The molecular weight excluding hydrogens is 206 g/mol. The number of aromatic amines is 1. The monoisotopic (exact) mass is 219 g/mol. The normalized spacial score (nSPS) is 12.9. The molecule has 1 heterocycles. The SMILES string of the molecule is CNC(C)n1c(=O)[nH]c2ccccc2c1=O. The van der Waals surface area contributed by atoms with Gasteiger partial charge in [0.15, 0.2) is 0 Å². The second-order valence-electron chi connectivity index (χ2n) is 3.62. The molecule has 1 aromatic heterocycles. The molecule has 0 saturated carbocycles. The van der Waals surface area contributed by atoms with E-state index in [0.29, 0.717) is 10.9 Å². The lowest BCUT2D eigenvalue weighted by Crippen LogP contribution is -2.41. The van der Waals surface area contributed by atoms with Gasteiger partial charge in [0, 0.05) is 0 Å². The van der Waals surface area contributed by atoms with E-state index in [1.165, 1.54) is 4.57 Å². The molecule has 5 heteroatoms. The van der Waals surface area contributed by atoms with Crippen LogP contribution in [0.25, 0.3) is 10.9 Å². The molecular formula is C11H13N3O2. The van der Waals surface area contributed by atoms with Gasteiger partial charge in [-0.15, -0.1) is 0 Å². The molecule has 2 aromatic rings. The largest absolute Gasteiger partial charge is 0.330 e. The van der Waals surface area contributed by atoms with Crippen molar-refractivity contribution in [3.8, 4) is 0 Å². The van der Waals surface area contributed by atoms with Gasteiger partial charge in [0.05, 0.1) is 17.1 Å². The van der Waals surface area contributed by atoms with E-state index in [-0.39, 0.29) is 11.7 Å². The topological polar surface area (TPSA) is 66.9 Å². The lowest BCUT2D eigenvalue weighted by atomic mass is 10.2. The maximum absolute atomic E-state index is 12.1. The van der Waals surface area contributed by atoms with Gasteiger partial charge in [0.2, 0.25) is 0 Å². The summed E-state index contributed by atoms with van der Waals surface area (Å²) in [6, 6.07) is 6.97. The minimum absolute atomic E-state index is 0.277. The Morgan fingerprint density at radius 1 is 1.31 bits per heavy atom. The molecule has 0 aliphatic heterocycles. The first-order valence-corrected chi connectivity index (χ1v) is 5.06. The van der Waals surface area contributed by atoms with Gasteiger partial charge in [-0.05, 0) is 26.1 Å². The molecule has 1 atom stereocenters. The number of benzene rings is 1. The summed E-state index contributed by atoms with van der Waals surface area (Å²) in [5.41, 5.74) is -0.108. The second kappa shape index (κ2) is 3.94. The van der Waals surface area contributed by atoms with Crippen molar-refractivity contribution in [3.05, 3.63) is 45.1 Å². The van der Waals surface area contributed by atoms with Gasteiger partial charge in [-0.3, -0.25) is 4.79 Å². The van der Waals surface area contributed by atoms with E-state index < -0.39 is 5.69 Å². The first kappa shape index (κ1) is 10.6. The molecule has 2 N–H and O–H groups in total. The average molecular weight is 219 g/mol. The number of para-hydroxylation sites is 1. The van der Waals surface area contributed by atoms with E-state index in [0.717, 1.165) is 0 Å². The van der Waals surface area contributed by atoms with Crippen LogP contribution in [0.1, 0.15) is 13.1 Å². The van der Waals surface area contributed by atoms with Gasteiger partial charge in [-0.1, -0.05) is 12.1 Å². The summed E-state index contributed by atoms with van der Waals surface area (Å²) < 4.78 is 1.17. The summed E-state index contributed by atoms with van der Waals surface area (Å²) in [7, 11) is 1.70. The summed E-state index contributed by atoms with van der Waals surface area (Å²) in [6.07, 6.45) is -0.333. The number of nitrogens with zero attached hydrogens (tertiary/aromatic N) is 1. The first-order valence-electron chi connectivity index (χ1n) is 5.06. The van der Waals surface area contributed by atoms with Crippen LogP contribution < -0.4 is 16.6 Å². The smallest absolute Gasteiger partial charge is 0.307 e. The lowest BCUT2D eigenvalue weighted by molar-refractivity contribution is 0.447. The number of nitrogens with one attached hydrogen (secondary N) is 2. The zero-order valence-electron chi connectivity index (χ0n) is 9.15. The molecule has 0 aliphatic rings. The number of hydrogen-bond acceptors (Lipinski definition) is 3. The summed E-state index contributed by atoms with van der Waals surface area (Å²) >= 11 is 0. The van der Waals surface area contributed by atoms with Gasteiger partial charge in [-0.2, -0.15) is 0 Å². The number of aromatic nitrogens is 2. The summed E-state index contributed by atoms with van der Waals surface area (Å²) in [6.45, 7) is 1.76. The fourth-order valence-corrected chi connectivity index (χ4v) is 1.66. The third-order valence-corrected chi connectivity index (χ3v) is 2.64. The van der Waals surface area contributed by atoms with Crippen molar-refractivity contribution < 1.29 is 0 Å². The fraction of sp³-hybridized carbons (Fsp3) is 0.273. The van der Waals surface area contributed by atoms with Gasteiger partial charge < -0.3 is 10.3 Å². The maximum Gasteiger partial charge on any atom is 0.330 e. The Morgan fingerprint density at radius 2 is 2.00 bits per heavy atom. The molecule has 0 spiro atoms.